The van der Waals surface area contributed by atoms with Gasteiger partial charge < -0.3 is 15.4 Å². The van der Waals surface area contributed by atoms with Gasteiger partial charge in [-0.1, -0.05) is 11.6 Å². The molecule has 2 N–H and O–H groups in total. The molecule has 1 fully saturated rings. The summed E-state index contributed by atoms with van der Waals surface area (Å²) in [5.74, 6) is 0.829. The van der Waals surface area contributed by atoms with Gasteiger partial charge in [-0.3, -0.25) is 0 Å². The third-order valence-electron chi connectivity index (χ3n) is 2.46. The number of hydrogen-bond donors (Lipinski definition) is 1. The normalized spacial score (nSPS) is 21.7. The van der Waals surface area contributed by atoms with E-state index in [1.807, 2.05) is 6.07 Å². The highest BCUT2D eigenvalue weighted by molar-refractivity contribution is 6.29. The summed E-state index contributed by atoms with van der Waals surface area (Å²) in [4.78, 5) is 6.42. The highest BCUT2D eigenvalue weighted by Gasteiger charge is 2.20. The smallest absolute Gasteiger partial charge is 0.133 e. The van der Waals surface area contributed by atoms with Crippen LogP contribution in [0.4, 0.5) is 11.5 Å². The molecule has 1 atom stereocenters. The Morgan fingerprint density at radius 2 is 2.40 bits per heavy atom. The zero-order valence-corrected chi connectivity index (χ0v) is 9.37. The zero-order chi connectivity index (χ0) is 10.8. The summed E-state index contributed by atoms with van der Waals surface area (Å²) in [6, 6.07) is 3.80. The minimum Gasteiger partial charge on any atom is -0.399 e. The van der Waals surface area contributed by atoms with Gasteiger partial charge in [-0.25, -0.2) is 4.98 Å². The first kappa shape index (κ1) is 10.5. The maximum atomic E-state index is 5.87. The van der Waals surface area contributed by atoms with Crippen LogP contribution in [-0.2, 0) is 4.74 Å². The zero-order valence-electron chi connectivity index (χ0n) is 8.61. The van der Waals surface area contributed by atoms with E-state index in [1.165, 1.54) is 0 Å². The fraction of sp³-hybridized carbons (Fsp3) is 0.500. The number of aromatic nitrogens is 1. The molecule has 0 unspecified atom stereocenters. The van der Waals surface area contributed by atoms with Crippen molar-refractivity contribution in [3.8, 4) is 0 Å². The first-order valence-electron chi connectivity index (χ1n) is 4.94. The lowest BCUT2D eigenvalue weighted by Crippen LogP contribution is -2.44. The van der Waals surface area contributed by atoms with Gasteiger partial charge >= 0.3 is 0 Å². The molecule has 2 heterocycles. The average molecular weight is 228 g/mol. The molecular weight excluding hydrogens is 214 g/mol. The topological polar surface area (TPSA) is 51.4 Å². The van der Waals surface area contributed by atoms with E-state index >= 15 is 0 Å². The summed E-state index contributed by atoms with van der Waals surface area (Å²) in [6.45, 7) is 4.36. The molecule has 1 saturated heterocycles. The highest BCUT2D eigenvalue weighted by Crippen LogP contribution is 2.22. The van der Waals surface area contributed by atoms with Crippen molar-refractivity contribution in [3.05, 3.63) is 17.3 Å². The lowest BCUT2D eigenvalue weighted by molar-refractivity contribution is 0.0985. The molecule has 15 heavy (non-hydrogen) atoms. The lowest BCUT2D eigenvalue weighted by atomic mass is 10.2. The maximum Gasteiger partial charge on any atom is 0.133 e. The summed E-state index contributed by atoms with van der Waals surface area (Å²) in [5.41, 5.74) is 6.37. The van der Waals surface area contributed by atoms with Crippen LogP contribution in [0.3, 0.4) is 0 Å². The molecule has 82 valence electrons. The molecule has 0 saturated carbocycles. The van der Waals surface area contributed by atoms with Crippen molar-refractivity contribution in [1.29, 1.82) is 0 Å². The van der Waals surface area contributed by atoms with E-state index in [0.717, 1.165) is 19.0 Å². The number of nitrogens with zero attached hydrogens (tertiary/aromatic N) is 2. The summed E-state index contributed by atoms with van der Waals surface area (Å²) in [6.07, 6.45) is 0. The fourth-order valence-electron chi connectivity index (χ4n) is 1.72. The van der Waals surface area contributed by atoms with Crippen LogP contribution in [-0.4, -0.2) is 30.8 Å². The molecule has 0 spiro atoms. The standard InChI is InChI=1S/C10H14ClN3O/c1-7-6-15-3-2-14(7)10-5-8(12)4-9(11)13-10/h4-5,7H,2-3,6H2,1H3,(H2,12,13)/t7-/m1/s1. The number of morpholine rings is 1. The molecule has 1 aliphatic rings. The number of pyridine rings is 1. The Balaban J connectivity index is 2.27. The Kier molecular flexibility index (Phi) is 2.98. The van der Waals surface area contributed by atoms with Gasteiger partial charge in [0.05, 0.1) is 19.3 Å². The van der Waals surface area contributed by atoms with Crippen LogP contribution in [0.25, 0.3) is 0 Å². The van der Waals surface area contributed by atoms with Crippen molar-refractivity contribution in [3.63, 3.8) is 0 Å². The number of ether oxygens (including phenoxy) is 1. The molecule has 0 aromatic carbocycles. The second-order valence-electron chi connectivity index (χ2n) is 3.70. The Labute approximate surface area is 94.0 Å². The number of anilines is 2. The van der Waals surface area contributed by atoms with Crippen molar-refractivity contribution in [1.82, 2.24) is 4.98 Å². The number of nitrogen functional groups attached to an aromatic ring is 1. The first-order valence-corrected chi connectivity index (χ1v) is 5.32. The molecular formula is C10H14ClN3O. The third-order valence-corrected chi connectivity index (χ3v) is 2.66. The van der Waals surface area contributed by atoms with Crippen molar-refractivity contribution >= 4 is 23.1 Å². The van der Waals surface area contributed by atoms with Gasteiger partial charge in [0.25, 0.3) is 0 Å². The van der Waals surface area contributed by atoms with Crippen LogP contribution in [0.15, 0.2) is 12.1 Å². The Morgan fingerprint density at radius 1 is 1.60 bits per heavy atom. The average Bonchev–Trinajstić information content (AvgIpc) is 2.16. The quantitative estimate of drug-likeness (QED) is 0.740. The van der Waals surface area contributed by atoms with Gasteiger partial charge in [-0.2, -0.15) is 0 Å². The molecule has 1 aliphatic heterocycles. The van der Waals surface area contributed by atoms with E-state index in [1.54, 1.807) is 6.07 Å². The van der Waals surface area contributed by atoms with E-state index < -0.39 is 0 Å². The van der Waals surface area contributed by atoms with Crippen LogP contribution in [0, 0.1) is 0 Å². The molecule has 5 heteroatoms. The van der Waals surface area contributed by atoms with Crippen molar-refractivity contribution in [2.75, 3.05) is 30.4 Å². The molecule has 1 aromatic rings. The van der Waals surface area contributed by atoms with Crippen molar-refractivity contribution in [2.45, 2.75) is 13.0 Å². The maximum absolute atomic E-state index is 5.87. The van der Waals surface area contributed by atoms with Crippen molar-refractivity contribution in [2.24, 2.45) is 0 Å². The van der Waals surface area contributed by atoms with E-state index in [4.69, 9.17) is 22.1 Å². The SMILES string of the molecule is C[C@@H]1COCCN1c1cc(N)cc(Cl)n1. The van der Waals surface area contributed by atoms with Gasteiger partial charge in [0.2, 0.25) is 0 Å². The summed E-state index contributed by atoms with van der Waals surface area (Å²) >= 11 is 5.87. The van der Waals surface area contributed by atoms with E-state index in [2.05, 4.69) is 16.8 Å². The summed E-state index contributed by atoms with van der Waals surface area (Å²) in [5, 5.41) is 0.434. The Hall–Kier alpha value is -1.00. The molecule has 0 radical (unpaired) electrons. The van der Waals surface area contributed by atoms with Crippen LogP contribution >= 0.6 is 11.6 Å². The minimum absolute atomic E-state index is 0.309. The van der Waals surface area contributed by atoms with Gasteiger partial charge in [0.1, 0.15) is 11.0 Å². The van der Waals surface area contributed by atoms with E-state index in [9.17, 15) is 0 Å². The largest absolute Gasteiger partial charge is 0.399 e. The van der Waals surface area contributed by atoms with Gasteiger partial charge in [-0.05, 0) is 13.0 Å². The second kappa shape index (κ2) is 4.24. The number of rotatable bonds is 1. The van der Waals surface area contributed by atoms with Crippen LogP contribution in [0.5, 0.6) is 0 Å². The van der Waals surface area contributed by atoms with E-state index in [-0.39, 0.29) is 0 Å². The second-order valence-corrected chi connectivity index (χ2v) is 4.09. The summed E-state index contributed by atoms with van der Waals surface area (Å²) < 4.78 is 5.36. The predicted octanol–water partition coefficient (Wildman–Crippen LogP) is 1.54. The molecule has 0 amide bonds. The fourth-order valence-corrected chi connectivity index (χ4v) is 1.93. The monoisotopic (exact) mass is 227 g/mol. The minimum atomic E-state index is 0.309. The van der Waals surface area contributed by atoms with Crippen LogP contribution in [0.2, 0.25) is 5.15 Å². The van der Waals surface area contributed by atoms with Crippen LogP contribution in [0.1, 0.15) is 6.92 Å². The third kappa shape index (κ3) is 2.33. The summed E-state index contributed by atoms with van der Waals surface area (Å²) in [7, 11) is 0. The highest BCUT2D eigenvalue weighted by atomic mass is 35.5. The van der Waals surface area contributed by atoms with Crippen LogP contribution < -0.4 is 10.6 Å². The molecule has 1 aromatic heterocycles. The Morgan fingerprint density at radius 3 is 3.07 bits per heavy atom. The van der Waals surface area contributed by atoms with E-state index in [0.29, 0.717) is 23.5 Å². The number of nitrogens with two attached hydrogens (primary N) is 1. The number of hydrogen-bond acceptors (Lipinski definition) is 4. The lowest BCUT2D eigenvalue weighted by Gasteiger charge is -2.34. The van der Waals surface area contributed by atoms with Gasteiger partial charge in [-0.15, -0.1) is 0 Å². The van der Waals surface area contributed by atoms with Gasteiger partial charge in [0.15, 0.2) is 0 Å². The van der Waals surface area contributed by atoms with Gasteiger partial charge in [0, 0.05) is 18.3 Å². The molecule has 2 rings (SSSR count). The predicted molar refractivity (Wildman–Crippen MR) is 61.3 cm³/mol. The molecule has 0 aliphatic carbocycles. The molecule has 4 nitrogen and oxygen atoms in total. The molecule has 0 bridgehead atoms. The Bertz CT molecular complexity index is 338. The number of halogens is 1. The first-order chi connectivity index (χ1) is 7.16. The van der Waals surface area contributed by atoms with Crippen molar-refractivity contribution < 1.29 is 4.74 Å².